The Labute approximate surface area is 108 Å². The molecule has 0 bridgehead atoms. The quantitative estimate of drug-likeness (QED) is 0.831. The lowest BCUT2D eigenvalue weighted by atomic mass is 10.1. The molecule has 17 heavy (non-hydrogen) atoms. The fraction of sp³-hybridized carbons (Fsp3) is 0.417. The van der Waals surface area contributed by atoms with Crippen molar-refractivity contribution in [2.45, 2.75) is 19.6 Å². The normalized spacial score (nSPS) is 11.7. The van der Waals surface area contributed by atoms with Crippen LogP contribution < -0.4 is 5.73 Å². The minimum Gasteiger partial charge on any atom is -0.389 e. The zero-order valence-corrected chi connectivity index (χ0v) is 11.6. The second kappa shape index (κ2) is 5.60. The fourth-order valence-electron chi connectivity index (χ4n) is 1.59. The van der Waals surface area contributed by atoms with Gasteiger partial charge in [0.1, 0.15) is 4.99 Å². The van der Waals surface area contributed by atoms with Crippen molar-refractivity contribution in [3.05, 3.63) is 35.4 Å². The van der Waals surface area contributed by atoms with Crippen LogP contribution in [0, 0.1) is 5.92 Å². The van der Waals surface area contributed by atoms with Crippen LogP contribution in [-0.2, 0) is 15.6 Å². The van der Waals surface area contributed by atoms with E-state index in [1.54, 1.807) is 24.3 Å². The van der Waals surface area contributed by atoms with Crippen LogP contribution in [-0.4, -0.2) is 19.2 Å². The van der Waals surface area contributed by atoms with Gasteiger partial charge >= 0.3 is 0 Å². The zero-order valence-electron chi connectivity index (χ0n) is 10.0. The molecule has 2 N–H and O–H groups in total. The van der Waals surface area contributed by atoms with E-state index in [0.717, 1.165) is 11.1 Å². The summed E-state index contributed by atoms with van der Waals surface area (Å²) in [4.78, 5) is 0.321. The van der Waals surface area contributed by atoms with Gasteiger partial charge in [-0.1, -0.05) is 50.3 Å². The molecule has 94 valence electrons. The summed E-state index contributed by atoms with van der Waals surface area (Å²) in [7, 11) is -3.03. The van der Waals surface area contributed by atoms with Gasteiger partial charge in [0.05, 0.1) is 11.5 Å². The van der Waals surface area contributed by atoms with Gasteiger partial charge in [0.15, 0.2) is 9.84 Å². The van der Waals surface area contributed by atoms with Gasteiger partial charge in [-0.15, -0.1) is 0 Å². The molecule has 5 heteroatoms. The van der Waals surface area contributed by atoms with Crippen molar-refractivity contribution in [3.63, 3.8) is 0 Å². The summed E-state index contributed by atoms with van der Waals surface area (Å²) in [5, 5.41) is 0. The van der Waals surface area contributed by atoms with Crippen molar-refractivity contribution in [1.82, 2.24) is 0 Å². The highest BCUT2D eigenvalue weighted by Crippen LogP contribution is 2.11. The van der Waals surface area contributed by atoms with Gasteiger partial charge in [-0.3, -0.25) is 0 Å². The summed E-state index contributed by atoms with van der Waals surface area (Å²) in [5.41, 5.74) is 6.99. The van der Waals surface area contributed by atoms with Gasteiger partial charge in [-0.05, 0) is 11.5 Å². The Morgan fingerprint density at radius 1 is 1.29 bits per heavy atom. The number of rotatable bonds is 5. The third kappa shape index (κ3) is 4.83. The molecule has 0 amide bonds. The maximum atomic E-state index is 11.8. The van der Waals surface area contributed by atoms with Gasteiger partial charge in [0, 0.05) is 5.56 Å². The van der Waals surface area contributed by atoms with Crippen LogP contribution in [0.25, 0.3) is 0 Å². The summed E-state index contributed by atoms with van der Waals surface area (Å²) in [6.45, 7) is 3.79. The molecule has 0 saturated carbocycles. The molecule has 0 unspecified atom stereocenters. The lowest BCUT2D eigenvalue weighted by Gasteiger charge is -2.07. The Hall–Kier alpha value is -0.940. The smallest absolute Gasteiger partial charge is 0.154 e. The molecule has 1 rings (SSSR count). The second-order valence-electron chi connectivity index (χ2n) is 4.51. The standard InChI is InChI=1S/C12H17NO2S2/c1-9(2)7-17(14,15)8-10-3-5-11(6-4-10)12(13)16/h3-6,9H,7-8H2,1-2H3,(H2,13,16). The maximum absolute atomic E-state index is 11.8. The van der Waals surface area contributed by atoms with Crippen molar-refractivity contribution in [2.75, 3.05) is 5.75 Å². The molecule has 0 radical (unpaired) electrons. The highest BCUT2D eigenvalue weighted by Gasteiger charge is 2.14. The Morgan fingerprint density at radius 2 is 1.82 bits per heavy atom. The van der Waals surface area contributed by atoms with E-state index >= 15 is 0 Å². The Kier molecular flexibility index (Phi) is 4.65. The minimum atomic E-state index is -3.03. The van der Waals surface area contributed by atoms with E-state index in [1.807, 2.05) is 13.8 Å². The number of nitrogens with two attached hydrogens (primary N) is 1. The first-order valence-electron chi connectivity index (χ1n) is 5.39. The highest BCUT2D eigenvalue weighted by atomic mass is 32.2. The molecule has 1 aromatic carbocycles. The van der Waals surface area contributed by atoms with Crippen molar-refractivity contribution < 1.29 is 8.42 Å². The van der Waals surface area contributed by atoms with Gasteiger partial charge in [-0.2, -0.15) is 0 Å². The van der Waals surface area contributed by atoms with E-state index in [9.17, 15) is 8.42 Å². The number of hydrogen-bond acceptors (Lipinski definition) is 3. The third-order valence-electron chi connectivity index (χ3n) is 2.21. The third-order valence-corrected chi connectivity index (χ3v) is 4.40. The summed E-state index contributed by atoms with van der Waals surface area (Å²) in [6, 6.07) is 7.02. The topological polar surface area (TPSA) is 60.2 Å². The summed E-state index contributed by atoms with van der Waals surface area (Å²) in [6.07, 6.45) is 0. The molecule has 0 aliphatic rings. The Morgan fingerprint density at radius 3 is 2.24 bits per heavy atom. The first-order chi connectivity index (χ1) is 7.80. The number of thiocarbonyl (C=S) groups is 1. The summed E-state index contributed by atoms with van der Waals surface area (Å²) < 4.78 is 23.6. The Bertz CT molecular complexity index is 490. The van der Waals surface area contributed by atoms with Crippen molar-refractivity contribution in [3.8, 4) is 0 Å². The molecular formula is C12H17NO2S2. The van der Waals surface area contributed by atoms with Crippen LogP contribution in [0.4, 0.5) is 0 Å². The second-order valence-corrected chi connectivity index (χ2v) is 7.06. The molecule has 3 nitrogen and oxygen atoms in total. The van der Waals surface area contributed by atoms with Crippen LogP contribution in [0.5, 0.6) is 0 Å². The molecule has 0 heterocycles. The van der Waals surface area contributed by atoms with Gasteiger partial charge in [0.25, 0.3) is 0 Å². The van der Waals surface area contributed by atoms with Crippen LogP contribution in [0.1, 0.15) is 25.0 Å². The Balaban J connectivity index is 2.79. The van der Waals surface area contributed by atoms with Gasteiger partial charge in [-0.25, -0.2) is 8.42 Å². The highest BCUT2D eigenvalue weighted by molar-refractivity contribution is 7.90. The van der Waals surface area contributed by atoms with Crippen LogP contribution in [0.3, 0.4) is 0 Å². The van der Waals surface area contributed by atoms with Crippen LogP contribution >= 0.6 is 12.2 Å². The molecule has 0 saturated heterocycles. The molecule has 0 atom stereocenters. The molecule has 0 spiro atoms. The van der Waals surface area contributed by atoms with Crippen molar-refractivity contribution >= 4 is 27.0 Å². The van der Waals surface area contributed by atoms with Crippen molar-refractivity contribution in [2.24, 2.45) is 11.7 Å². The van der Waals surface area contributed by atoms with Gasteiger partial charge < -0.3 is 5.73 Å². The summed E-state index contributed by atoms with van der Waals surface area (Å²) >= 11 is 4.83. The van der Waals surface area contributed by atoms with Crippen LogP contribution in [0.2, 0.25) is 0 Å². The molecule has 0 aliphatic carbocycles. The molecule has 0 aromatic heterocycles. The predicted molar refractivity (Wildman–Crippen MR) is 74.7 cm³/mol. The fourth-order valence-corrected chi connectivity index (χ4v) is 3.56. The van der Waals surface area contributed by atoms with E-state index in [4.69, 9.17) is 18.0 Å². The SMILES string of the molecule is CC(C)CS(=O)(=O)Cc1ccc(C(N)=S)cc1. The monoisotopic (exact) mass is 271 g/mol. The first-order valence-corrected chi connectivity index (χ1v) is 7.62. The summed E-state index contributed by atoms with van der Waals surface area (Å²) in [5.74, 6) is 0.434. The average molecular weight is 271 g/mol. The largest absolute Gasteiger partial charge is 0.389 e. The zero-order chi connectivity index (χ0) is 13.1. The number of benzene rings is 1. The van der Waals surface area contributed by atoms with Crippen molar-refractivity contribution in [1.29, 1.82) is 0 Å². The first kappa shape index (κ1) is 14.1. The van der Waals surface area contributed by atoms with E-state index in [-0.39, 0.29) is 17.4 Å². The molecular weight excluding hydrogens is 254 g/mol. The van der Waals surface area contributed by atoms with E-state index in [1.165, 1.54) is 0 Å². The van der Waals surface area contributed by atoms with E-state index < -0.39 is 9.84 Å². The predicted octanol–water partition coefficient (Wildman–Crippen LogP) is 1.89. The van der Waals surface area contributed by atoms with Crippen LogP contribution in [0.15, 0.2) is 24.3 Å². The average Bonchev–Trinajstić information content (AvgIpc) is 2.15. The number of hydrogen-bond donors (Lipinski definition) is 1. The molecule has 0 fully saturated rings. The van der Waals surface area contributed by atoms with E-state index in [0.29, 0.717) is 4.99 Å². The van der Waals surface area contributed by atoms with E-state index in [2.05, 4.69) is 0 Å². The maximum Gasteiger partial charge on any atom is 0.154 e. The molecule has 1 aromatic rings. The lowest BCUT2D eigenvalue weighted by molar-refractivity contribution is 0.581. The lowest BCUT2D eigenvalue weighted by Crippen LogP contribution is -2.14. The number of sulfone groups is 1. The van der Waals surface area contributed by atoms with Gasteiger partial charge in [0.2, 0.25) is 0 Å². The minimum absolute atomic E-state index is 0.0722. The molecule has 0 aliphatic heterocycles.